The first-order valence-corrected chi connectivity index (χ1v) is 13.4. The largest absolute Gasteiger partial charge is 0.480 e. The van der Waals surface area contributed by atoms with E-state index in [0.717, 1.165) is 30.6 Å². The van der Waals surface area contributed by atoms with Gasteiger partial charge in [-0.1, -0.05) is 18.2 Å². The van der Waals surface area contributed by atoms with E-state index >= 15 is 0 Å². The number of aromatic nitrogens is 3. The van der Waals surface area contributed by atoms with Gasteiger partial charge in [0.1, 0.15) is 18.0 Å². The lowest BCUT2D eigenvalue weighted by Gasteiger charge is -2.19. The zero-order chi connectivity index (χ0) is 27.5. The van der Waals surface area contributed by atoms with Crippen molar-refractivity contribution in [3.63, 3.8) is 0 Å². The third-order valence-electron chi connectivity index (χ3n) is 7.03. The molecule has 0 saturated carbocycles. The van der Waals surface area contributed by atoms with E-state index in [0.29, 0.717) is 55.1 Å². The zero-order valence-electron chi connectivity index (χ0n) is 22.2. The molecule has 2 saturated heterocycles. The molecule has 1 aromatic carbocycles. The van der Waals surface area contributed by atoms with Crippen LogP contribution in [0.3, 0.4) is 0 Å². The molecule has 0 radical (unpaired) electrons. The number of fused-ring (bicyclic) bond motifs is 1. The van der Waals surface area contributed by atoms with E-state index in [9.17, 15) is 9.59 Å². The van der Waals surface area contributed by atoms with Crippen LogP contribution in [0, 0.1) is 0 Å². The number of benzene rings is 1. The van der Waals surface area contributed by atoms with Gasteiger partial charge in [-0.2, -0.15) is 4.98 Å². The fourth-order valence-corrected chi connectivity index (χ4v) is 4.99. The van der Waals surface area contributed by atoms with E-state index in [2.05, 4.69) is 43.6 Å². The van der Waals surface area contributed by atoms with Gasteiger partial charge in [-0.3, -0.25) is 9.69 Å². The van der Waals surface area contributed by atoms with Crippen LogP contribution in [0.1, 0.15) is 18.4 Å². The number of nitrogens with zero attached hydrogens (tertiary/aromatic N) is 5. The molecule has 0 spiro atoms. The summed E-state index contributed by atoms with van der Waals surface area (Å²) in [6.07, 6.45) is 2.80. The summed E-state index contributed by atoms with van der Waals surface area (Å²) in [6, 6.07) is 13.3. The Morgan fingerprint density at radius 3 is 2.95 bits per heavy atom. The van der Waals surface area contributed by atoms with Crippen LogP contribution in [0.15, 0.2) is 48.7 Å². The number of nitrogens with one attached hydrogen (secondary N) is 2. The highest BCUT2D eigenvalue weighted by Gasteiger charge is 2.33. The lowest BCUT2D eigenvalue weighted by Crippen LogP contribution is -2.29. The number of likely N-dealkylation sites (tertiary alicyclic amines) is 1. The first-order valence-electron chi connectivity index (χ1n) is 13.4. The SMILES string of the molecule is CN1CC[C@H](Oc2ccnc(-c3cccc(CNCC[C@H]4CN(c5ccc6c(n5)NC(=O)CO6)C(=O)O4)c3)n2)C1. The van der Waals surface area contributed by atoms with Gasteiger partial charge >= 0.3 is 6.09 Å². The monoisotopic (exact) mass is 545 g/mol. The number of hydrogen-bond donors (Lipinski definition) is 2. The molecule has 0 unspecified atom stereocenters. The van der Waals surface area contributed by atoms with Crippen LogP contribution in [-0.2, 0) is 16.1 Å². The third kappa shape index (κ3) is 5.97. The Balaban J connectivity index is 0.997. The molecule has 0 aliphatic carbocycles. The second-order valence-electron chi connectivity index (χ2n) is 10.1. The molecule has 12 nitrogen and oxygen atoms in total. The number of rotatable bonds is 9. The van der Waals surface area contributed by atoms with E-state index in [1.165, 1.54) is 4.90 Å². The molecule has 3 aliphatic rings. The number of cyclic esters (lactones) is 1. The summed E-state index contributed by atoms with van der Waals surface area (Å²) in [5.41, 5.74) is 2.02. The molecule has 2 fully saturated rings. The van der Waals surface area contributed by atoms with Crippen LogP contribution >= 0.6 is 0 Å². The summed E-state index contributed by atoms with van der Waals surface area (Å²) in [7, 11) is 2.09. The summed E-state index contributed by atoms with van der Waals surface area (Å²) in [4.78, 5) is 41.2. The van der Waals surface area contributed by atoms with Gasteiger partial charge in [-0.25, -0.2) is 14.8 Å². The number of ether oxygens (including phenoxy) is 3. The lowest BCUT2D eigenvalue weighted by atomic mass is 10.1. The number of likely N-dealkylation sites (N-methyl/N-ethyl adjacent to an activating group) is 1. The highest BCUT2D eigenvalue weighted by Crippen LogP contribution is 2.30. The van der Waals surface area contributed by atoms with Gasteiger partial charge in [0.15, 0.2) is 24.0 Å². The van der Waals surface area contributed by atoms with Crippen molar-refractivity contribution >= 4 is 23.6 Å². The maximum atomic E-state index is 12.5. The van der Waals surface area contributed by atoms with Gasteiger partial charge in [0, 0.05) is 37.5 Å². The van der Waals surface area contributed by atoms with Crippen molar-refractivity contribution in [2.24, 2.45) is 0 Å². The maximum Gasteiger partial charge on any atom is 0.415 e. The lowest BCUT2D eigenvalue weighted by molar-refractivity contribution is -0.118. The summed E-state index contributed by atoms with van der Waals surface area (Å²) < 4.78 is 16.9. The highest BCUT2D eigenvalue weighted by molar-refractivity contribution is 5.95. The van der Waals surface area contributed by atoms with E-state index in [1.807, 2.05) is 18.2 Å². The van der Waals surface area contributed by atoms with Gasteiger partial charge in [-0.15, -0.1) is 0 Å². The Morgan fingerprint density at radius 1 is 1.15 bits per heavy atom. The minimum atomic E-state index is -0.459. The first-order chi connectivity index (χ1) is 19.5. The number of carbonyl (C=O) groups excluding carboxylic acids is 2. The van der Waals surface area contributed by atoms with Crippen LogP contribution in [0.2, 0.25) is 0 Å². The normalized spacial score (nSPS) is 20.6. The van der Waals surface area contributed by atoms with Gasteiger partial charge in [0.05, 0.1) is 6.54 Å². The molecule has 40 heavy (non-hydrogen) atoms. The fraction of sp³-hybridized carbons (Fsp3) is 0.393. The smallest absolute Gasteiger partial charge is 0.415 e. The summed E-state index contributed by atoms with van der Waals surface area (Å²) in [6.45, 7) is 3.57. The van der Waals surface area contributed by atoms with Crippen LogP contribution in [-0.4, -0.2) is 83.9 Å². The van der Waals surface area contributed by atoms with E-state index in [1.54, 1.807) is 24.4 Å². The summed E-state index contributed by atoms with van der Waals surface area (Å²) in [5, 5.41) is 6.09. The molecule has 12 heteroatoms. The molecule has 2 atom stereocenters. The predicted octanol–water partition coefficient (Wildman–Crippen LogP) is 2.46. The van der Waals surface area contributed by atoms with Crippen molar-refractivity contribution in [2.75, 3.05) is 50.1 Å². The van der Waals surface area contributed by atoms with Gasteiger partial charge in [0.25, 0.3) is 5.91 Å². The van der Waals surface area contributed by atoms with Gasteiger partial charge in [-0.05, 0) is 50.2 Å². The maximum absolute atomic E-state index is 12.5. The number of amides is 2. The van der Waals surface area contributed by atoms with Crippen LogP contribution < -0.4 is 25.0 Å². The average Bonchev–Trinajstić information content (AvgIpc) is 3.55. The summed E-state index contributed by atoms with van der Waals surface area (Å²) >= 11 is 0. The Hall–Kier alpha value is -4.29. The molecule has 208 valence electrons. The molecule has 2 aromatic heterocycles. The van der Waals surface area contributed by atoms with Crippen LogP contribution in [0.4, 0.5) is 16.4 Å². The van der Waals surface area contributed by atoms with Crippen LogP contribution in [0.25, 0.3) is 11.4 Å². The number of pyridine rings is 1. The molecular weight excluding hydrogens is 514 g/mol. The van der Waals surface area contributed by atoms with E-state index in [4.69, 9.17) is 14.2 Å². The van der Waals surface area contributed by atoms with Crippen molar-refractivity contribution < 1.29 is 23.8 Å². The molecule has 2 N–H and O–H groups in total. The van der Waals surface area contributed by atoms with Crippen molar-refractivity contribution in [1.82, 2.24) is 25.2 Å². The van der Waals surface area contributed by atoms with Gasteiger partial charge in [0.2, 0.25) is 5.88 Å². The van der Waals surface area contributed by atoms with Crippen LogP contribution in [0.5, 0.6) is 11.6 Å². The molecule has 3 aliphatic heterocycles. The summed E-state index contributed by atoms with van der Waals surface area (Å²) in [5.74, 6) is 2.14. The second-order valence-corrected chi connectivity index (χ2v) is 10.1. The quantitative estimate of drug-likeness (QED) is 0.387. The van der Waals surface area contributed by atoms with Gasteiger partial charge < -0.3 is 29.7 Å². The van der Waals surface area contributed by atoms with Crippen molar-refractivity contribution in [3.8, 4) is 23.0 Å². The molecule has 6 rings (SSSR count). The Bertz CT molecular complexity index is 1400. The number of hydrogen-bond acceptors (Lipinski definition) is 10. The van der Waals surface area contributed by atoms with Crippen molar-refractivity contribution in [3.05, 3.63) is 54.2 Å². The Labute approximate surface area is 231 Å². The van der Waals surface area contributed by atoms with E-state index < -0.39 is 6.09 Å². The molecule has 0 bridgehead atoms. The minimum Gasteiger partial charge on any atom is -0.480 e. The molecular formula is C28H31N7O5. The highest BCUT2D eigenvalue weighted by atomic mass is 16.6. The van der Waals surface area contributed by atoms with Crippen molar-refractivity contribution in [1.29, 1.82) is 0 Å². The number of anilines is 2. The average molecular weight is 546 g/mol. The molecule has 2 amide bonds. The zero-order valence-corrected chi connectivity index (χ0v) is 22.2. The van der Waals surface area contributed by atoms with Crippen molar-refractivity contribution in [2.45, 2.75) is 31.6 Å². The minimum absolute atomic E-state index is 0.0480. The topological polar surface area (TPSA) is 131 Å². The standard InChI is InChI=1S/C28H31N7O5/c1-34-12-9-21(15-34)39-25-8-11-30-26(33-25)19-4-2-3-18(13-19)14-29-10-7-20-16-35(28(37)40-20)23-6-5-22-27(31-23)32-24(36)17-38-22/h2-6,8,11,13,20-21,29H,7,9-10,12,14-17H2,1H3,(H,31,32,36)/t20-,21-/m0/s1. The van der Waals surface area contributed by atoms with E-state index in [-0.39, 0.29) is 24.7 Å². The third-order valence-corrected chi connectivity index (χ3v) is 7.03. The Morgan fingerprint density at radius 2 is 2.08 bits per heavy atom. The number of carbonyl (C=O) groups is 2. The molecule has 3 aromatic rings. The first kappa shape index (κ1) is 26.0. The predicted molar refractivity (Wildman–Crippen MR) is 146 cm³/mol. The second kappa shape index (κ2) is 11.4. The fourth-order valence-electron chi connectivity index (χ4n) is 4.99. The Kier molecular flexibility index (Phi) is 7.43. The molecule has 5 heterocycles.